The Balaban J connectivity index is 1.64. The zero-order chi connectivity index (χ0) is 18.7. The molecule has 0 saturated carbocycles. The molecule has 0 spiro atoms. The van der Waals surface area contributed by atoms with Crippen molar-refractivity contribution in [1.82, 2.24) is 9.99 Å². The third-order valence-corrected chi connectivity index (χ3v) is 4.61. The number of ether oxygens (including phenoxy) is 1. The van der Waals surface area contributed by atoms with Crippen LogP contribution in [-0.2, 0) is 11.8 Å². The summed E-state index contributed by atoms with van der Waals surface area (Å²) < 4.78 is 7.46. The molecule has 0 aliphatic carbocycles. The minimum Gasteiger partial charge on any atom is -0.482 e. The van der Waals surface area contributed by atoms with Gasteiger partial charge in [-0.3, -0.25) is 4.79 Å². The summed E-state index contributed by atoms with van der Waals surface area (Å²) in [5, 5.41) is 5.97. The van der Waals surface area contributed by atoms with Gasteiger partial charge in [-0.25, -0.2) is 5.43 Å². The van der Waals surface area contributed by atoms with Gasteiger partial charge in [-0.15, -0.1) is 0 Å². The summed E-state index contributed by atoms with van der Waals surface area (Å²) in [6, 6.07) is 12.8. The molecule has 134 valence electrons. The van der Waals surface area contributed by atoms with Crippen LogP contribution in [0.15, 0.2) is 47.6 Å². The van der Waals surface area contributed by atoms with Crippen LogP contribution in [0.5, 0.6) is 5.75 Å². The van der Waals surface area contributed by atoms with Crippen LogP contribution in [0.25, 0.3) is 10.9 Å². The molecule has 2 aromatic carbocycles. The molecule has 0 unspecified atom stereocenters. The van der Waals surface area contributed by atoms with Crippen molar-refractivity contribution >= 4 is 46.2 Å². The number of aryl methyl sites for hydroxylation is 1. The van der Waals surface area contributed by atoms with E-state index in [2.05, 4.69) is 15.1 Å². The van der Waals surface area contributed by atoms with Crippen molar-refractivity contribution < 1.29 is 9.53 Å². The maximum atomic E-state index is 11.9. The molecule has 1 N–H and O–H groups in total. The van der Waals surface area contributed by atoms with Crippen LogP contribution >= 0.6 is 23.2 Å². The van der Waals surface area contributed by atoms with Crippen LogP contribution in [0.4, 0.5) is 0 Å². The van der Waals surface area contributed by atoms with Crippen molar-refractivity contribution in [1.29, 1.82) is 0 Å². The summed E-state index contributed by atoms with van der Waals surface area (Å²) in [5.41, 5.74) is 5.60. The van der Waals surface area contributed by atoms with E-state index in [4.69, 9.17) is 27.9 Å². The summed E-state index contributed by atoms with van der Waals surface area (Å²) >= 11 is 11.8. The molecule has 0 saturated heterocycles. The fraction of sp³-hybridized carbons (Fsp3) is 0.158. The van der Waals surface area contributed by atoms with E-state index in [0.717, 1.165) is 22.2 Å². The molecule has 3 aromatic rings. The van der Waals surface area contributed by atoms with E-state index >= 15 is 0 Å². The predicted octanol–water partition coefficient (Wildman–Crippen LogP) is 4.32. The Morgan fingerprint density at radius 2 is 2.04 bits per heavy atom. The monoisotopic (exact) mass is 389 g/mol. The summed E-state index contributed by atoms with van der Waals surface area (Å²) in [7, 11) is 2.00. The molecule has 3 rings (SSSR count). The Morgan fingerprint density at radius 1 is 1.27 bits per heavy atom. The quantitative estimate of drug-likeness (QED) is 0.521. The van der Waals surface area contributed by atoms with E-state index in [1.807, 2.05) is 38.2 Å². The molecule has 0 fully saturated rings. The first-order chi connectivity index (χ1) is 12.5. The molecule has 26 heavy (non-hydrogen) atoms. The number of fused-ring (bicyclic) bond motifs is 1. The smallest absolute Gasteiger partial charge is 0.277 e. The Labute approximate surface area is 161 Å². The van der Waals surface area contributed by atoms with E-state index < -0.39 is 0 Å². The molecule has 7 heteroatoms. The van der Waals surface area contributed by atoms with Gasteiger partial charge in [-0.05, 0) is 31.2 Å². The first kappa shape index (κ1) is 18.3. The number of halogens is 2. The highest BCUT2D eigenvalue weighted by Crippen LogP contribution is 2.27. The van der Waals surface area contributed by atoms with Crippen LogP contribution in [0.1, 0.15) is 11.3 Å². The summed E-state index contributed by atoms with van der Waals surface area (Å²) in [6.07, 6.45) is 1.64. The highest BCUT2D eigenvalue weighted by Gasteiger charge is 2.10. The SMILES string of the molecule is Cc1c(/C=N\NC(=O)COc2ccc(Cl)cc2Cl)c2ccccc2n1C. The van der Waals surface area contributed by atoms with Gasteiger partial charge in [0, 0.05) is 34.2 Å². The van der Waals surface area contributed by atoms with Crippen LogP contribution < -0.4 is 10.2 Å². The second kappa shape index (κ2) is 7.81. The number of para-hydroxylation sites is 1. The third kappa shape index (κ3) is 3.84. The number of hydrazone groups is 1. The fourth-order valence-electron chi connectivity index (χ4n) is 2.65. The minimum absolute atomic E-state index is 0.201. The lowest BCUT2D eigenvalue weighted by Crippen LogP contribution is -2.24. The molecule has 0 aliphatic rings. The molecule has 0 atom stereocenters. The molecule has 1 amide bonds. The lowest BCUT2D eigenvalue weighted by molar-refractivity contribution is -0.123. The number of nitrogens with zero attached hydrogens (tertiary/aromatic N) is 2. The van der Waals surface area contributed by atoms with Gasteiger partial charge >= 0.3 is 0 Å². The second-order valence-corrected chi connectivity index (χ2v) is 6.58. The molecule has 1 aromatic heterocycles. The van der Waals surface area contributed by atoms with Gasteiger partial charge in [0.25, 0.3) is 5.91 Å². The van der Waals surface area contributed by atoms with Crippen LogP contribution in [0.2, 0.25) is 10.0 Å². The predicted molar refractivity (Wildman–Crippen MR) is 105 cm³/mol. The zero-order valence-electron chi connectivity index (χ0n) is 14.3. The molecule has 5 nitrogen and oxygen atoms in total. The number of hydrogen-bond donors (Lipinski definition) is 1. The largest absolute Gasteiger partial charge is 0.482 e. The van der Waals surface area contributed by atoms with Crippen molar-refractivity contribution in [2.45, 2.75) is 6.92 Å². The number of hydrogen-bond acceptors (Lipinski definition) is 3. The van der Waals surface area contributed by atoms with E-state index in [1.54, 1.807) is 24.4 Å². The molecular formula is C19H17Cl2N3O2. The summed E-state index contributed by atoms with van der Waals surface area (Å²) in [4.78, 5) is 11.9. The summed E-state index contributed by atoms with van der Waals surface area (Å²) in [5.74, 6) is 0.00486. The average molecular weight is 390 g/mol. The van der Waals surface area contributed by atoms with Gasteiger partial charge in [0.2, 0.25) is 0 Å². The Kier molecular flexibility index (Phi) is 5.49. The Bertz CT molecular complexity index is 996. The molecule has 1 heterocycles. The van der Waals surface area contributed by atoms with Crippen molar-refractivity contribution in [2.75, 3.05) is 6.61 Å². The highest BCUT2D eigenvalue weighted by molar-refractivity contribution is 6.35. The number of aromatic nitrogens is 1. The highest BCUT2D eigenvalue weighted by atomic mass is 35.5. The first-order valence-corrected chi connectivity index (χ1v) is 8.66. The lowest BCUT2D eigenvalue weighted by atomic mass is 10.1. The normalized spacial score (nSPS) is 11.2. The lowest BCUT2D eigenvalue weighted by Gasteiger charge is -2.07. The zero-order valence-corrected chi connectivity index (χ0v) is 15.8. The van der Waals surface area contributed by atoms with Gasteiger partial charge in [-0.2, -0.15) is 5.10 Å². The first-order valence-electron chi connectivity index (χ1n) is 7.91. The maximum absolute atomic E-state index is 11.9. The Morgan fingerprint density at radius 3 is 2.81 bits per heavy atom. The Hall–Kier alpha value is -2.50. The number of carbonyl (C=O) groups excluding carboxylic acids is 1. The van der Waals surface area contributed by atoms with E-state index in [0.29, 0.717) is 15.8 Å². The molecule has 0 bridgehead atoms. The van der Waals surface area contributed by atoms with Crippen molar-refractivity contribution in [3.05, 3.63) is 63.8 Å². The van der Waals surface area contributed by atoms with Gasteiger partial charge < -0.3 is 9.30 Å². The van der Waals surface area contributed by atoms with Crippen LogP contribution in [0.3, 0.4) is 0 Å². The topological polar surface area (TPSA) is 55.6 Å². The average Bonchev–Trinajstić information content (AvgIpc) is 2.86. The minimum atomic E-state index is -0.384. The van der Waals surface area contributed by atoms with Gasteiger partial charge in [0.1, 0.15) is 5.75 Å². The van der Waals surface area contributed by atoms with Gasteiger partial charge in [0.15, 0.2) is 6.61 Å². The summed E-state index contributed by atoms with van der Waals surface area (Å²) in [6.45, 7) is 1.81. The fourth-order valence-corrected chi connectivity index (χ4v) is 3.11. The van der Waals surface area contributed by atoms with Crippen molar-refractivity contribution in [3.63, 3.8) is 0 Å². The van der Waals surface area contributed by atoms with Crippen molar-refractivity contribution in [2.24, 2.45) is 12.1 Å². The number of nitrogens with one attached hydrogen (secondary N) is 1. The second-order valence-electron chi connectivity index (χ2n) is 5.73. The van der Waals surface area contributed by atoms with Gasteiger partial charge in [0.05, 0.1) is 11.2 Å². The molecule has 0 radical (unpaired) electrons. The molecule has 0 aliphatic heterocycles. The third-order valence-electron chi connectivity index (χ3n) is 4.08. The van der Waals surface area contributed by atoms with E-state index in [1.165, 1.54) is 0 Å². The number of benzene rings is 2. The van der Waals surface area contributed by atoms with Crippen molar-refractivity contribution in [3.8, 4) is 5.75 Å². The number of rotatable bonds is 5. The molecular weight excluding hydrogens is 373 g/mol. The van der Waals surface area contributed by atoms with E-state index in [-0.39, 0.29) is 12.5 Å². The number of carbonyl (C=O) groups is 1. The standard InChI is InChI=1S/C19H17Cl2N3O2/c1-12-15(14-5-3-4-6-17(14)24(12)2)10-22-23-19(25)11-26-18-8-7-13(20)9-16(18)21/h3-10H,11H2,1-2H3,(H,23,25)/b22-10-. The number of amides is 1. The van der Waals surface area contributed by atoms with Gasteiger partial charge in [-0.1, -0.05) is 41.4 Å². The van der Waals surface area contributed by atoms with Crippen LogP contribution in [0, 0.1) is 6.92 Å². The maximum Gasteiger partial charge on any atom is 0.277 e. The van der Waals surface area contributed by atoms with E-state index in [9.17, 15) is 4.79 Å². The van der Waals surface area contributed by atoms with Crippen LogP contribution in [-0.4, -0.2) is 23.3 Å².